The molecule has 0 spiro atoms. The van der Waals surface area contributed by atoms with E-state index in [1.165, 1.54) is 32.4 Å². The summed E-state index contributed by atoms with van der Waals surface area (Å²) >= 11 is 3.35. The molecule has 1 heterocycles. The first-order valence-electron chi connectivity index (χ1n) is 6.68. The van der Waals surface area contributed by atoms with E-state index in [2.05, 4.69) is 26.1 Å². The maximum absolute atomic E-state index is 9.92. The summed E-state index contributed by atoms with van der Waals surface area (Å²) in [6, 6.07) is 7.25. The summed E-state index contributed by atoms with van der Waals surface area (Å²) in [5.74, 6) is 0.363. The number of nitrogens with zero attached hydrogens (tertiary/aromatic N) is 1. The Morgan fingerprint density at radius 3 is 2.94 bits per heavy atom. The average molecular weight is 311 g/mol. The standard InChI is InChI=1S/C14H19BrN2O/c15-13-3-1-2-10(14(13)18)8-16-11-6-7-17(9-11)12-4-5-12/h1-3,11-12,16,18H,4-9H2. The molecule has 2 aliphatic rings. The van der Waals surface area contributed by atoms with E-state index in [-0.39, 0.29) is 0 Å². The molecule has 1 aliphatic carbocycles. The first-order valence-corrected chi connectivity index (χ1v) is 7.47. The normalized spacial score (nSPS) is 24.6. The molecule has 18 heavy (non-hydrogen) atoms. The first-order chi connectivity index (χ1) is 8.74. The van der Waals surface area contributed by atoms with E-state index in [1.54, 1.807) is 0 Å². The molecule has 0 amide bonds. The van der Waals surface area contributed by atoms with Crippen LogP contribution in [-0.2, 0) is 6.54 Å². The zero-order chi connectivity index (χ0) is 12.5. The predicted molar refractivity (Wildman–Crippen MR) is 75.6 cm³/mol. The van der Waals surface area contributed by atoms with E-state index < -0.39 is 0 Å². The lowest BCUT2D eigenvalue weighted by atomic mass is 10.2. The number of likely N-dealkylation sites (tertiary alicyclic amines) is 1. The molecular formula is C14H19BrN2O. The van der Waals surface area contributed by atoms with E-state index in [0.29, 0.717) is 11.8 Å². The Morgan fingerprint density at radius 2 is 2.17 bits per heavy atom. The molecular weight excluding hydrogens is 292 g/mol. The lowest BCUT2D eigenvalue weighted by Gasteiger charge is -2.16. The third-order valence-corrected chi connectivity index (χ3v) is 4.57. The molecule has 1 aliphatic heterocycles. The monoisotopic (exact) mass is 310 g/mol. The minimum Gasteiger partial charge on any atom is -0.506 e. The van der Waals surface area contributed by atoms with Crippen LogP contribution >= 0.6 is 15.9 Å². The molecule has 98 valence electrons. The van der Waals surface area contributed by atoms with Gasteiger partial charge < -0.3 is 10.4 Å². The number of aromatic hydroxyl groups is 1. The quantitative estimate of drug-likeness (QED) is 0.897. The van der Waals surface area contributed by atoms with E-state index in [1.807, 2.05) is 18.2 Å². The van der Waals surface area contributed by atoms with Crippen molar-refractivity contribution in [3.05, 3.63) is 28.2 Å². The Bertz CT molecular complexity index is 434. The van der Waals surface area contributed by atoms with Crippen molar-refractivity contribution < 1.29 is 5.11 Å². The molecule has 1 saturated carbocycles. The SMILES string of the molecule is Oc1c(Br)cccc1CNC1CCN(C2CC2)C1. The van der Waals surface area contributed by atoms with Crippen LogP contribution in [0.4, 0.5) is 0 Å². The lowest BCUT2D eigenvalue weighted by molar-refractivity contribution is 0.317. The summed E-state index contributed by atoms with van der Waals surface area (Å²) in [5.41, 5.74) is 0.967. The second kappa shape index (κ2) is 5.19. The van der Waals surface area contributed by atoms with Gasteiger partial charge in [-0.2, -0.15) is 0 Å². The number of rotatable bonds is 4. The fraction of sp³-hybridized carbons (Fsp3) is 0.571. The summed E-state index contributed by atoms with van der Waals surface area (Å²) in [7, 11) is 0. The highest BCUT2D eigenvalue weighted by atomic mass is 79.9. The van der Waals surface area contributed by atoms with Gasteiger partial charge in [-0.25, -0.2) is 0 Å². The fourth-order valence-electron chi connectivity index (χ4n) is 2.68. The van der Waals surface area contributed by atoms with Crippen LogP contribution in [0, 0.1) is 0 Å². The van der Waals surface area contributed by atoms with Crippen LogP contribution in [-0.4, -0.2) is 35.2 Å². The minimum atomic E-state index is 0.363. The van der Waals surface area contributed by atoms with Crippen molar-refractivity contribution in [1.82, 2.24) is 10.2 Å². The van der Waals surface area contributed by atoms with Crippen molar-refractivity contribution >= 4 is 15.9 Å². The van der Waals surface area contributed by atoms with Gasteiger partial charge >= 0.3 is 0 Å². The molecule has 1 aromatic carbocycles. The third kappa shape index (κ3) is 2.71. The van der Waals surface area contributed by atoms with Gasteiger partial charge in [-0.15, -0.1) is 0 Å². The number of phenols is 1. The molecule has 1 saturated heterocycles. The van der Waals surface area contributed by atoms with E-state index in [4.69, 9.17) is 0 Å². The van der Waals surface area contributed by atoms with Crippen LogP contribution in [0.25, 0.3) is 0 Å². The third-order valence-electron chi connectivity index (χ3n) is 3.93. The predicted octanol–water partition coefficient (Wildman–Crippen LogP) is 2.48. The van der Waals surface area contributed by atoms with E-state index in [0.717, 1.165) is 22.6 Å². The number of phenolic OH excluding ortho intramolecular Hbond substituents is 1. The van der Waals surface area contributed by atoms with Gasteiger partial charge in [0.15, 0.2) is 0 Å². The van der Waals surface area contributed by atoms with Crippen molar-refractivity contribution in [2.75, 3.05) is 13.1 Å². The zero-order valence-electron chi connectivity index (χ0n) is 10.4. The number of hydrogen-bond donors (Lipinski definition) is 2. The summed E-state index contributed by atoms with van der Waals surface area (Å²) in [4.78, 5) is 2.60. The maximum atomic E-state index is 9.92. The maximum Gasteiger partial charge on any atom is 0.134 e. The number of para-hydroxylation sites is 1. The van der Waals surface area contributed by atoms with Crippen LogP contribution in [0.1, 0.15) is 24.8 Å². The second-order valence-corrected chi connectivity index (χ2v) is 6.19. The van der Waals surface area contributed by atoms with Gasteiger partial charge in [-0.3, -0.25) is 4.90 Å². The molecule has 1 atom stereocenters. The van der Waals surface area contributed by atoms with Gasteiger partial charge in [0.2, 0.25) is 0 Å². The van der Waals surface area contributed by atoms with Crippen LogP contribution in [0.5, 0.6) is 5.75 Å². The van der Waals surface area contributed by atoms with Gasteiger partial charge in [0.25, 0.3) is 0 Å². The van der Waals surface area contributed by atoms with Gasteiger partial charge in [0, 0.05) is 37.3 Å². The number of hydrogen-bond acceptors (Lipinski definition) is 3. The number of halogens is 1. The Hall–Kier alpha value is -0.580. The Balaban J connectivity index is 1.53. The van der Waals surface area contributed by atoms with E-state index in [9.17, 15) is 5.11 Å². The van der Waals surface area contributed by atoms with Crippen LogP contribution in [0.15, 0.2) is 22.7 Å². The summed E-state index contributed by atoms with van der Waals surface area (Å²) < 4.78 is 0.771. The molecule has 0 aromatic heterocycles. The highest BCUT2D eigenvalue weighted by molar-refractivity contribution is 9.10. The molecule has 1 unspecified atom stereocenters. The molecule has 3 nitrogen and oxygen atoms in total. The molecule has 3 rings (SSSR count). The van der Waals surface area contributed by atoms with Crippen molar-refractivity contribution in [2.45, 2.75) is 37.9 Å². The number of benzene rings is 1. The molecule has 2 N–H and O–H groups in total. The van der Waals surface area contributed by atoms with Gasteiger partial charge in [-0.1, -0.05) is 12.1 Å². The second-order valence-electron chi connectivity index (χ2n) is 5.34. The van der Waals surface area contributed by atoms with E-state index >= 15 is 0 Å². The highest BCUT2D eigenvalue weighted by Crippen LogP contribution is 2.30. The highest BCUT2D eigenvalue weighted by Gasteiger charge is 2.34. The molecule has 0 radical (unpaired) electrons. The summed E-state index contributed by atoms with van der Waals surface area (Å²) in [5, 5.41) is 13.5. The largest absolute Gasteiger partial charge is 0.506 e. The Kier molecular flexibility index (Phi) is 3.59. The van der Waals surface area contributed by atoms with Gasteiger partial charge in [0.05, 0.1) is 4.47 Å². The average Bonchev–Trinajstić information content (AvgIpc) is 3.11. The molecule has 1 aromatic rings. The van der Waals surface area contributed by atoms with Crippen molar-refractivity contribution in [2.24, 2.45) is 0 Å². The van der Waals surface area contributed by atoms with Crippen molar-refractivity contribution in [3.63, 3.8) is 0 Å². The summed E-state index contributed by atoms with van der Waals surface area (Å²) in [6.45, 7) is 3.14. The molecule has 0 bridgehead atoms. The van der Waals surface area contributed by atoms with Crippen LogP contribution in [0.3, 0.4) is 0 Å². The van der Waals surface area contributed by atoms with Gasteiger partial charge in [-0.05, 0) is 41.3 Å². The Labute approximate surface area is 116 Å². The zero-order valence-corrected chi connectivity index (χ0v) is 12.0. The summed E-state index contributed by atoms with van der Waals surface area (Å²) in [6.07, 6.45) is 4.00. The van der Waals surface area contributed by atoms with Crippen molar-refractivity contribution in [1.29, 1.82) is 0 Å². The number of nitrogens with one attached hydrogen (secondary N) is 1. The first kappa shape index (κ1) is 12.5. The lowest BCUT2D eigenvalue weighted by Crippen LogP contribution is -2.32. The van der Waals surface area contributed by atoms with Gasteiger partial charge in [0.1, 0.15) is 5.75 Å². The molecule has 2 fully saturated rings. The topological polar surface area (TPSA) is 35.5 Å². The minimum absolute atomic E-state index is 0.363. The van der Waals surface area contributed by atoms with Crippen molar-refractivity contribution in [3.8, 4) is 5.75 Å². The smallest absolute Gasteiger partial charge is 0.134 e. The van der Waals surface area contributed by atoms with Crippen LogP contribution < -0.4 is 5.32 Å². The fourth-order valence-corrected chi connectivity index (χ4v) is 3.09. The van der Waals surface area contributed by atoms with Crippen LogP contribution in [0.2, 0.25) is 0 Å². The molecule has 4 heteroatoms. The Morgan fingerprint density at radius 1 is 1.33 bits per heavy atom.